The minimum atomic E-state index is 0.122. The van der Waals surface area contributed by atoms with Crippen molar-refractivity contribution in [1.29, 1.82) is 0 Å². The van der Waals surface area contributed by atoms with Crippen LogP contribution in [0.1, 0.15) is 18.4 Å². The van der Waals surface area contributed by atoms with E-state index in [1.165, 1.54) is 0 Å². The van der Waals surface area contributed by atoms with Gasteiger partial charge >= 0.3 is 0 Å². The van der Waals surface area contributed by atoms with Gasteiger partial charge in [-0.15, -0.1) is 0 Å². The number of amides is 1. The lowest BCUT2D eigenvalue weighted by molar-refractivity contribution is -0.138. The predicted octanol–water partition coefficient (Wildman–Crippen LogP) is 2.12. The molecule has 4 aliphatic heterocycles. The van der Waals surface area contributed by atoms with Crippen molar-refractivity contribution in [3.05, 3.63) is 22.7 Å². The van der Waals surface area contributed by atoms with Crippen LogP contribution in [0.15, 0.2) is 12.1 Å². The third kappa shape index (κ3) is 2.32. The molecule has 4 heterocycles. The highest BCUT2D eigenvalue weighted by Crippen LogP contribution is 2.38. The first-order valence-corrected chi connectivity index (χ1v) is 8.06. The van der Waals surface area contributed by atoms with Gasteiger partial charge < -0.3 is 14.4 Å². The Bertz CT molecular complexity index is 622. The molecule has 0 N–H and O–H groups in total. The van der Waals surface area contributed by atoms with Gasteiger partial charge in [-0.05, 0) is 24.5 Å². The maximum absolute atomic E-state index is 12.3. The van der Waals surface area contributed by atoms with Gasteiger partial charge in [-0.1, -0.05) is 11.6 Å². The molecule has 2 bridgehead atoms. The van der Waals surface area contributed by atoms with Crippen LogP contribution in [0.5, 0.6) is 11.5 Å². The number of ether oxygens (including phenoxy) is 2. The molecule has 5 nitrogen and oxygen atoms in total. The molecule has 118 valence electrons. The average Bonchev–Trinajstić information content (AvgIpc) is 2.78. The molecule has 5 rings (SSSR count). The largest absolute Gasteiger partial charge is 0.454 e. The molecule has 1 aromatic carbocycles. The Hall–Kier alpha value is -1.46. The van der Waals surface area contributed by atoms with Gasteiger partial charge in [0.1, 0.15) is 0 Å². The van der Waals surface area contributed by atoms with E-state index in [1.54, 1.807) is 0 Å². The van der Waals surface area contributed by atoms with Gasteiger partial charge in [-0.2, -0.15) is 0 Å². The van der Waals surface area contributed by atoms with Crippen LogP contribution in [0.2, 0.25) is 5.02 Å². The monoisotopic (exact) mass is 322 g/mol. The van der Waals surface area contributed by atoms with Crippen LogP contribution >= 0.6 is 11.6 Å². The molecule has 0 aromatic heterocycles. The predicted molar refractivity (Wildman–Crippen MR) is 82.1 cm³/mol. The summed E-state index contributed by atoms with van der Waals surface area (Å²) in [5.74, 6) is 1.87. The number of benzene rings is 1. The number of nitrogens with zero attached hydrogens (tertiary/aromatic N) is 2. The fourth-order valence-electron chi connectivity index (χ4n) is 3.70. The van der Waals surface area contributed by atoms with E-state index in [4.69, 9.17) is 21.1 Å². The molecule has 3 fully saturated rings. The Labute approximate surface area is 134 Å². The number of likely N-dealkylation sites (N-methyl/N-ethyl adjacent to an activating group) is 1. The average molecular weight is 323 g/mol. The molecule has 0 spiro atoms. The molecule has 0 saturated carbocycles. The SMILES string of the molecule is CN1C(=O)[C@@H]2CC[C@H]1CN(Cc1cc3c(cc1Cl)OCO3)C2. The molecule has 1 aromatic rings. The van der Waals surface area contributed by atoms with Crippen LogP contribution < -0.4 is 9.47 Å². The maximum atomic E-state index is 12.3. The Morgan fingerprint density at radius 2 is 2.00 bits per heavy atom. The van der Waals surface area contributed by atoms with Crippen molar-refractivity contribution in [2.24, 2.45) is 5.92 Å². The van der Waals surface area contributed by atoms with E-state index in [-0.39, 0.29) is 18.6 Å². The molecule has 2 atom stereocenters. The quantitative estimate of drug-likeness (QED) is 0.836. The number of carbonyl (C=O) groups excluding carboxylic acids is 1. The van der Waals surface area contributed by atoms with E-state index in [0.29, 0.717) is 16.8 Å². The molecule has 0 aliphatic carbocycles. The van der Waals surface area contributed by atoms with Crippen molar-refractivity contribution in [2.45, 2.75) is 25.4 Å². The highest BCUT2D eigenvalue weighted by molar-refractivity contribution is 6.31. The van der Waals surface area contributed by atoms with Gasteiger partial charge in [-0.25, -0.2) is 0 Å². The van der Waals surface area contributed by atoms with Crippen molar-refractivity contribution < 1.29 is 14.3 Å². The second-order valence-electron chi connectivity index (χ2n) is 6.37. The van der Waals surface area contributed by atoms with E-state index < -0.39 is 0 Å². The molecule has 0 radical (unpaired) electrons. The van der Waals surface area contributed by atoms with E-state index >= 15 is 0 Å². The summed E-state index contributed by atoms with van der Waals surface area (Å²) in [5, 5.41) is 0.695. The minimum Gasteiger partial charge on any atom is -0.454 e. The van der Waals surface area contributed by atoms with Crippen LogP contribution in [-0.2, 0) is 11.3 Å². The zero-order chi connectivity index (χ0) is 15.3. The van der Waals surface area contributed by atoms with Gasteiger partial charge in [0.15, 0.2) is 11.5 Å². The fourth-order valence-corrected chi connectivity index (χ4v) is 3.91. The van der Waals surface area contributed by atoms with E-state index in [1.807, 2.05) is 24.1 Å². The Morgan fingerprint density at radius 3 is 2.82 bits per heavy atom. The Morgan fingerprint density at radius 1 is 1.23 bits per heavy atom. The first-order chi connectivity index (χ1) is 10.6. The highest BCUT2D eigenvalue weighted by Gasteiger charge is 2.38. The van der Waals surface area contributed by atoms with E-state index in [2.05, 4.69) is 4.90 Å². The summed E-state index contributed by atoms with van der Waals surface area (Å²) in [6.07, 6.45) is 2.09. The van der Waals surface area contributed by atoms with Crippen LogP contribution in [-0.4, -0.2) is 48.7 Å². The normalized spacial score (nSPS) is 27.4. The Balaban J connectivity index is 1.56. The van der Waals surface area contributed by atoms with Gasteiger partial charge in [0.2, 0.25) is 12.7 Å². The van der Waals surface area contributed by atoms with Crippen LogP contribution in [0, 0.1) is 5.92 Å². The van der Waals surface area contributed by atoms with Gasteiger partial charge in [0.25, 0.3) is 0 Å². The summed E-state index contributed by atoms with van der Waals surface area (Å²) >= 11 is 6.37. The zero-order valence-corrected chi connectivity index (χ0v) is 13.3. The lowest BCUT2D eigenvalue weighted by atomic mass is 9.95. The van der Waals surface area contributed by atoms with Crippen molar-refractivity contribution in [3.8, 4) is 11.5 Å². The molecular weight excluding hydrogens is 304 g/mol. The fraction of sp³-hybridized carbons (Fsp3) is 0.562. The van der Waals surface area contributed by atoms with Crippen molar-refractivity contribution in [1.82, 2.24) is 9.80 Å². The molecule has 1 amide bonds. The lowest BCUT2D eigenvalue weighted by Crippen LogP contribution is -2.45. The van der Waals surface area contributed by atoms with Crippen LogP contribution in [0.4, 0.5) is 0 Å². The smallest absolute Gasteiger partial charge is 0.231 e. The van der Waals surface area contributed by atoms with Gasteiger partial charge in [0.05, 0.1) is 5.92 Å². The highest BCUT2D eigenvalue weighted by atomic mass is 35.5. The molecule has 4 aliphatic rings. The van der Waals surface area contributed by atoms with E-state index in [9.17, 15) is 4.79 Å². The molecular formula is C16H19ClN2O3. The van der Waals surface area contributed by atoms with Crippen molar-refractivity contribution >= 4 is 17.5 Å². The molecule has 6 heteroatoms. The summed E-state index contributed by atoms with van der Waals surface area (Å²) in [5.41, 5.74) is 1.03. The zero-order valence-electron chi connectivity index (χ0n) is 12.5. The minimum absolute atomic E-state index is 0.122. The first-order valence-electron chi connectivity index (χ1n) is 7.69. The van der Waals surface area contributed by atoms with Gasteiger partial charge in [0, 0.05) is 43.8 Å². The maximum Gasteiger partial charge on any atom is 0.231 e. The number of piperidine rings is 1. The summed E-state index contributed by atoms with van der Waals surface area (Å²) < 4.78 is 10.8. The molecule has 0 unspecified atom stereocenters. The second kappa shape index (κ2) is 5.32. The van der Waals surface area contributed by atoms with Gasteiger partial charge in [-0.3, -0.25) is 9.69 Å². The number of hydrogen-bond acceptors (Lipinski definition) is 4. The molecule has 3 saturated heterocycles. The number of hydrogen-bond donors (Lipinski definition) is 0. The standard InChI is InChI=1S/C16H19ClN2O3/c1-18-12-3-2-10(16(18)20)6-19(8-12)7-11-4-14-15(5-13(11)17)22-9-21-14/h4-5,10,12H,2-3,6-9H2,1H3/t10-,12+/m1/s1. The van der Waals surface area contributed by atoms with Crippen molar-refractivity contribution in [2.75, 3.05) is 26.9 Å². The Kier molecular flexibility index (Phi) is 3.42. The van der Waals surface area contributed by atoms with Crippen LogP contribution in [0.25, 0.3) is 0 Å². The third-order valence-corrected chi connectivity index (χ3v) is 5.33. The summed E-state index contributed by atoms with van der Waals surface area (Å²) in [7, 11) is 1.93. The third-order valence-electron chi connectivity index (χ3n) is 4.98. The van der Waals surface area contributed by atoms with E-state index in [0.717, 1.165) is 43.8 Å². The molecule has 22 heavy (non-hydrogen) atoms. The summed E-state index contributed by atoms with van der Waals surface area (Å²) in [6, 6.07) is 4.10. The number of carbonyl (C=O) groups is 1. The van der Waals surface area contributed by atoms with Crippen LogP contribution in [0.3, 0.4) is 0 Å². The lowest BCUT2D eigenvalue weighted by Gasteiger charge is -2.32. The second-order valence-corrected chi connectivity index (χ2v) is 6.78. The van der Waals surface area contributed by atoms with Crippen molar-refractivity contribution in [3.63, 3.8) is 0 Å². The number of halogens is 1. The summed E-state index contributed by atoms with van der Waals surface area (Å²) in [6.45, 7) is 2.71. The number of fused-ring (bicyclic) bond motifs is 5. The number of rotatable bonds is 2. The topological polar surface area (TPSA) is 42.0 Å². The summed E-state index contributed by atoms with van der Waals surface area (Å²) in [4.78, 5) is 16.5. The first kappa shape index (κ1) is 14.2.